The van der Waals surface area contributed by atoms with Crippen LogP contribution in [0.5, 0.6) is 0 Å². The lowest BCUT2D eigenvalue weighted by Gasteiger charge is -2.05. The van der Waals surface area contributed by atoms with Gasteiger partial charge in [0.1, 0.15) is 0 Å². The molecule has 0 radical (unpaired) electrons. The summed E-state index contributed by atoms with van der Waals surface area (Å²) in [7, 11) is 0. The number of hydrogen-bond donors (Lipinski definition) is 1. The van der Waals surface area contributed by atoms with Gasteiger partial charge in [0, 0.05) is 18.0 Å². The second-order valence-electron chi connectivity index (χ2n) is 5.25. The van der Waals surface area contributed by atoms with Gasteiger partial charge >= 0.3 is 0 Å². The fraction of sp³-hybridized carbons (Fsp3) is 0.188. The van der Waals surface area contributed by atoms with E-state index in [1.54, 1.807) is 6.07 Å². The maximum Gasteiger partial charge on any atom is 0.160 e. The smallest absolute Gasteiger partial charge is 0.160 e. The lowest BCUT2D eigenvalue weighted by molar-refractivity contribution is 0.867. The van der Waals surface area contributed by atoms with Crippen LogP contribution in [0.3, 0.4) is 0 Å². The maximum absolute atomic E-state index is 6.01. The van der Waals surface area contributed by atoms with E-state index < -0.39 is 0 Å². The Labute approximate surface area is 123 Å². The number of nitrogen functional groups attached to an aromatic ring is 1. The lowest BCUT2D eigenvalue weighted by Crippen LogP contribution is -1.91. The van der Waals surface area contributed by atoms with Crippen molar-refractivity contribution in [3.8, 4) is 11.3 Å². The highest BCUT2D eigenvalue weighted by Gasteiger charge is 2.08. The summed E-state index contributed by atoms with van der Waals surface area (Å²) in [6, 6.07) is 10.2. The number of rotatable bonds is 2. The van der Waals surface area contributed by atoms with E-state index >= 15 is 0 Å². The van der Waals surface area contributed by atoms with Gasteiger partial charge in [-0.1, -0.05) is 49.7 Å². The van der Waals surface area contributed by atoms with E-state index in [1.165, 1.54) is 5.56 Å². The summed E-state index contributed by atoms with van der Waals surface area (Å²) in [6.07, 6.45) is 3.76. The molecule has 2 N–H and O–H groups in total. The third-order valence-corrected chi connectivity index (χ3v) is 3.63. The molecule has 0 spiro atoms. The molecule has 0 atom stereocenters. The summed E-state index contributed by atoms with van der Waals surface area (Å²) in [5.74, 6) is 0.527. The topological polar surface area (TPSA) is 43.3 Å². The van der Waals surface area contributed by atoms with Gasteiger partial charge in [0.05, 0.1) is 16.4 Å². The molecule has 3 rings (SSSR count). The first-order valence-electron chi connectivity index (χ1n) is 6.58. The van der Waals surface area contributed by atoms with E-state index in [2.05, 4.69) is 43.1 Å². The molecule has 3 aromatic rings. The van der Waals surface area contributed by atoms with Crippen LogP contribution in [0, 0.1) is 0 Å². The minimum Gasteiger partial charge on any atom is -0.396 e. The number of nitrogens with zero attached hydrogens (tertiary/aromatic N) is 2. The lowest BCUT2D eigenvalue weighted by atomic mass is 10.0. The van der Waals surface area contributed by atoms with Crippen molar-refractivity contribution in [3.63, 3.8) is 0 Å². The van der Waals surface area contributed by atoms with Crippen molar-refractivity contribution in [1.29, 1.82) is 0 Å². The number of pyridine rings is 1. The number of halogens is 1. The molecule has 1 aromatic carbocycles. The predicted octanol–water partition coefficient (Wildman–Crippen LogP) is 4.36. The maximum atomic E-state index is 6.01. The molecular formula is C16H16ClN3. The first-order valence-corrected chi connectivity index (χ1v) is 6.96. The number of imidazole rings is 1. The Morgan fingerprint density at radius 2 is 1.85 bits per heavy atom. The van der Waals surface area contributed by atoms with E-state index in [9.17, 15) is 0 Å². The van der Waals surface area contributed by atoms with E-state index in [-0.39, 0.29) is 0 Å². The van der Waals surface area contributed by atoms with Crippen molar-refractivity contribution in [2.75, 3.05) is 5.73 Å². The van der Waals surface area contributed by atoms with Gasteiger partial charge in [-0.05, 0) is 17.5 Å². The number of hydrogen-bond acceptors (Lipinski definition) is 2. The molecule has 0 unspecified atom stereocenters. The molecule has 0 aliphatic heterocycles. The first-order chi connectivity index (χ1) is 9.54. The Hall–Kier alpha value is -2.00. The Morgan fingerprint density at radius 3 is 2.50 bits per heavy atom. The van der Waals surface area contributed by atoms with Crippen LogP contribution in [0.25, 0.3) is 16.9 Å². The van der Waals surface area contributed by atoms with Gasteiger partial charge in [-0.2, -0.15) is 0 Å². The zero-order valence-electron chi connectivity index (χ0n) is 11.5. The largest absolute Gasteiger partial charge is 0.396 e. The summed E-state index contributed by atoms with van der Waals surface area (Å²) >= 11 is 6.01. The quantitative estimate of drug-likeness (QED) is 0.760. The SMILES string of the molecule is CC(C)c1ccc(-c2cn3cc(Cl)cc(N)c3n2)cc1. The third-order valence-electron chi connectivity index (χ3n) is 3.42. The summed E-state index contributed by atoms with van der Waals surface area (Å²) < 4.78 is 1.86. The van der Waals surface area contributed by atoms with E-state index in [0.717, 1.165) is 16.9 Å². The molecule has 0 amide bonds. The van der Waals surface area contributed by atoms with Crippen molar-refractivity contribution in [2.45, 2.75) is 19.8 Å². The van der Waals surface area contributed by atoms with Crippen LogP contribution in [0.1, 0.15) is 25.3 Å². The highest BCUT2D eigenvalue weighted by molar-refractivity contribution is 6.30. The number of fused-ring (bicyclic) bond motifs is 1. The Balaban J connectivity index is 2.08. The van der Waals surface area contributed by atoms with Gasteiger partial charge in [0.25, 0.3) is 0 Å². The second-order valence-corrected chi connectivity index (χ2v) is 5.68. The highest BCUT2D eigenvalue weighted by Crippen LogP contribution is 2.25. The van der Waals surface area contributed by atoms with Crippen molar-refractivity contribution in [2.24, 2.45) is 0 Å². The average Bonchev–Trinajstić information content (AvgIpc) is 2.83. The zero-order valence-corrected chi connectivity index (χ0v) is 12.2. The molecule has 2 heterocycles. The molecule has 0 fully saturated rings. The van der Waals surface area contributed by atoms with Crippen molar-refractivity contribution in [3.05, 3.63) is 53.3 Å². The van der Waals surface area contributed by atoms with Crippen LogP contribution in [0.2, 0.25) is 5.02 Å². The normalized spacial score (nSPS) is 11.4. The molecule has 20 heavy (non-hydrogen) atoms. The molecular weight excluding hydrogens is 270 g/mol. The molecule has 4 heteroatoms. The Bertz CT molecular complexity index is 757. The minimum atomic E-state index is 0.527. The molecule has 3 nitrogen and oxygen atoms in total. The van der Waals surface area contributed by atoms with Crippen molar-refractivity contribution >= 4 is 22.9 Å². The fourth-order valence-electron chi connectivity index (χ4n) is 2.27. The highest BCUT2D eigenvalue weighted by atomic mass is 35.5. The third kappa shape index (κ3) is 2.25. The van der Waals surface area contributed by atoms with Crippen LogP contribution in [-0.2, 0) is 0 Å². The van der Waals surface area contributed by atoms with Crippen LogP contribution in [0.4, 0.5) is 5.69 Å². The zero-order chi connectivity index (χ0) is 14.3. The number of aromatic nitrogens is 2. The number of benzene rings is 1. The van der Waals surface area contributed by atoms with Crippen LogP contribution in [-0.4, -0.2) is 9.38 Å². The molecule has 0 saturated heterocycles. The summed E-state index contributed by atoms with van der Waals surface area (Å²) in [6.45, 7) is 4.37. The summed E-state index contributed by atoms with van der Waals surface area (Å²) in [5.41, 5.74) is 10.6. The molecule has 0 aliphatic carbocycles. The second kappa shape index (κ2) is 4.84. The average molecular weight is 286 g/mol. The van der Waals surface area contributed by atoms with Gasteiger partial charge in [0.2, 0.25) is 0 Å². The molecule has 0 saturated carbocycles. The fourth-order valence-corrected chi connectivity index (χ4v) is 2.49. The predicted molar refractivity (Wildman–Crippen MR) is 84.1 cm³/mol. The van der Waals surface area contributed by atoms with Gasteiger partial charge < -0.3 is 10.1 Å². The Kier molecular flexibility index (Phi) is 3.14. The molecule has 2 aromatic heterocycles. The van der Waals surface area contributed by atoms with E-state index in [0.29, 0.717) is 16.6 Å². The molecule has 102 valence electrons. The number of anilines is 1. The van der Waals surface area contributed by atoms with Gasteiger partial charge in [-0.25, -0.2) is 4.98 Å². The van der Waals surface area contributed by atoms with Crippen LogP contribution < -0.4 is 5.73 Å². The van der Waals surface area contributed by atoms with E-state index in [4.69, 9.17) is 17.3 Å². The van der Waals surface area contributed by atoms with Crippen molar-refractivity contribution in [1.82, 2.24) is 9.38 Å². The minimum absolute atomic E-state index is 0.527. The van der Waals surface area contributed by atoms with Gasteiger partial charge in [-0.3, -0.25) is 0 Å². The first kappa shape index (κ1) is 13.0. The monoisotopic (exact) mass is 285 g/mol. The number of nitrogens with two attached hydrogens (primary N) is 1. The van der Waals surface area contributed by atoms with Crippen LogP contribution in [0.15, 0.2) is 42.7 Å². The van der Waals surface area contributed by atoms with Crippen LogP contribution >= 0.6 is 11.6 Å². The summed E-state index contributed by atoms with van der Waals surface area (Å²) in [5, 5.41) is 0.606. The van der Waals surface area contributed by atoms with Gasteiger partial charge in [-0.15, -0.1) is 0 Å². The Morgan fingerprint density at radius 1 is 1.15 bits per heavy atom. The standard InChI is InChI=1S/C16H16ClN3/c1-10(2)11-3-5-12(6-4-11)15-9-20-8-13(17)7-14(18)16(20)19-15/h3-10H,18H2,1-2H3. The molecule has 0 bridgehead atoms. The summed E-state index contributed by atoms with van der Waals surface area (Å²) in [4.78, 5) is 4.58. The van der Waals surface area contributed by atoms with Gasteiger partial charge in [0.15, 0.2) is 5.65 Å². The van der Waals surface area contributed by atoms with Crippen molar-refractivity contribution < 1.29 is 0 Å². The van der Waals surface area contributed by atoms with E-state index in [1.807, 2.05) is 16.8 Å². The molecule has 0 aliphatic rings.